The van der Waals surface area contributed by atoms with Crippen LogP contribution in [-0.4, -0.2) is 61.9 Å². The highest BCUT2D eigenvalue weighted by Crippen LogP contribution is 2.30. The average molecular weight is 1510 g/mol. The molecule has 15 rings (SSSR count). The first-order valence-corrected chi connectivity index (χ1v) is 35.5. The number of benzene rings is 9. The number of aromatic nitrogens is 9. The van der Waals surface area contributed by atoms with Crippen LogP contribution in [0.2, 0.25) is 0 Å². The summed E-state index contributed by atoms with van der Waals surface area (Å²) >= 11 is 10.7. The first-order valence-electron chi connectivity index (χ1n) is 33.1. The second-order valence-electron chi connectivity index (χ2n) is 25.1. The largest absolute Gasteiger partial charge is 0.491 e. The van der Waals surface area contributed by atoms with Crippen molar-refractivity contribution in [3.63, 3.8) is 0 Å². The molecule has 0 unspecified atom stereocenters. The monoisotopic (exact) mass is 1500 g/mol. The lowest BCUT2D eigenvalue weighted by molar-refractivity contribution is 0.242. The van der Waals surface area contributed by atoms with E-state index in [2.05, 4.69) is 99.1 Å². The lowest BCUT2D eigenvalue weighted by atomic mass is 10.1. The molecule has 0 aliphatic rings. The molecule has 0 aliphatic heterocycles. The Morgan fingerprint density at radius 2 is 0.616 bits per heavy atom. The van der Waals surface area contributed by atoms with Gasteiger partial charge in [0, 0.05) is 102 Å². The number of aryl methyl sites for hydroxylation is 6. The zero-order chi connectivity index (χ0) is 68.8. The number of rotatable bonds is 18. The van der Waals surface area contributed by atoms with Crippen molar-refractivity contribution in [2.45, 2.75) is 98.4 Å². The number of ether oxygens (including phenoxy) is 3. The summed E-state index contributed by atoms with van der Waals surface area (Å²) in [5.74, 6) is 4.37. The Balaban J connectivity index is 0.000000133. The van der Waals surface area contributed by atoms with Crippen molar-refractivity contribution in [2.24, 2.45) is 0 Å². The SMILES string of the molecule is CC(C)Oc1cccc(-n2c(CCc3c[nH]c4ccc(Br)cc34)nc3ccccc3c2=O)c1.CC(C)Oc1cccc(-n2c(CCc3c[nH]c4ccc(Br)cc34)nc3ccccc3c2=O)c1.CC(C)Oc1cccc(-n2c(CCc3c[nH]c4ccc(Br)cc34)nc3ccccc3c2=O)c1. The summed E-state index contributed by atoms with van der Waals surface area (Å²) in [6, 6.07) is 64.1. The summed E-state index contributed by atoms with van der Waals surface area (Å²) < 4.78 is 25.9. The van der Waals surface area contributed by atoms with Gasteiger partial charge in [-0.3, -0.25) is 28.1 Å². The molecule has 9 aromatic carbocycles. The van der Waals surface area contributed by atoms with Crippen LogP contribution in [0.5, 0.6) is 17.2 Å². The number of nitrogens with one attached hydrogen (secondary N) is 3. The Morgan fingerprint density at radius 1 is 0.333 bits per heavy atom. The molecule has 0 bridgehead atoms. The van der Waals surface area contributed by atoms with Crippen LogP contribution in [0.1, 0.15) is 75.7 Å². The van der Waals surface area contributed by atoms with Gasteiger partial charge in [-0.2, -0.15) is 0 Å². The summed E-state index contributed by atoms with van der Waals surface area (Å²) in [5, 5.41) is 5.33. The molecule has 0 amide bonds. The van der Waals surface area contributed by atoms with Crippen molar-refractivity contribution in [1.82, 2.24) is 43.6 Å². The molecule has 18 heteroatoms. The second-order valence-corrected chi connectivity index (χ2v) is 27.8. The first kappa shape index (κ1) is 67.4. The van der Waals surface area contributed by atoms with Gasteiger partial charge in [-0.15, -0.1) is 0 Å². The Bertz CT molecular complexity index is 5100. The summed E-state index contributed by atoms with van der Waals surface area (Å²) in [7, 11) is 0. The van der Waals surface area contributed by atoms with Gasteiger partial charge < -0.3 is 29.2 Å². The van der Waals surface area contributed by atoms with Crippen LogP contribution < -0.4 is 30.9 Å². The summed E-state index contributed by atoms with van der Waals surface area (Å²) in [6.07, 6.45) is 10.4. The number of nitrogens with zero attached hydrogens (tertiary/aromatic N) is 6. The first-order chi connectivity index (χ1) is 48.0. The van der Waals surface area contributed by atoms with Crippen LogP contribution >= 0.6 is 47.8 Å². The Labute approximate surface area is 596 Å². The molecule has 0 saturated heterocycles. The highest BCUT2D eigenvalue weighted by Gasteiger charge is 2.20. The maximum absolute atomic E-state index is 13.6. The molecule has 0 atom stereocenters. The topological polar surface area (TPSA) is 180 Å². The quantitative estimate of drug-likeness (QED) is 0.0753. The zero-order valence-corrected chi connectivity index (χ0v) is 60.3. The molecule has 0 spiro atoms. The van der Waals surface area contributed by atoms with Crippen LogP contribution in [0.4, 0.5) is 0 Å². The number of hydrogen-bond acceptors (Lipinski definition) is 9. The molecule has 0 radical (unpaired) electrons. The maximum Gasteiger partial charge on any atom is 0.265 e. The molecular formula is C81H72Br3N9O6. The van der Waals surface area contributed by atoms with Gasteiger partial charge in [-0.05, 0) is 205 Å². The molecule has 99 heavy (non-hydrogen) atoms. The lowest BCUT2D eigenvalue weighted by Gasteiger charge is -2.16. The van der Waals surface area contributed by atoms with Crippen LogP contribution in [0.25, 0.3) is 82.5 Å². The van der Waals surface area contributed by atoms with Crippen molar-refractivity contribution >= 4 is 113 Å². The van der Waals surface area contributed by atoms with Crippen molar-refractivity contribution < 1.29 is 14.2 Å². The normalized spacial score (nSPS) is 11.5. The van der Waals surface area contributed by atoms with Gasteiger partial charge in [0.25, 0.3) is 16.7 Å². The zero-order valence-electron chi connectivity index (χ0n) is 55.5. The minimum Gasteiger partial charge on any atom is -0.491 e. The van der Waals surface area contributed by atoms with Gasteiger partial charge in [-0.1, -0.05) is 102 Å². The minimum absolute atomic E-state index is 0.0485. The number of H-pyrrole nitrogens is 3. The van der Waals surface area contributed by atoms with Crippen LogP contribution in [0.15, 0.2) is 247 Å². The average Bonchev–Trinajstić information content (AvgIpc) is 1.68. The van der Waals surface area contributed by atoms with Crippen molar-refractivity contribution in [3.05, 3.63) is 297 Å². The van der Waals surface area contributed by atoms with E-state index in [-0.39, 0.29) is 35.0 Å². The second kappa shape index (κ2) is 29.9. The van der Waals surface area contributed by atoms with Gasteiger partial charge in [0.2, 0.25) is 0 Å². The highest BCUT2D eigenvalue weighted by molar-refractivity contribution is 9.11. The number of hydrogen-bond donors (Lipinski definition) is 3. The van der Waals surface area contributed by atoms with Crippen LogP contribution in [0.3, 0.4) is 0 Å². The Hall–Kier alpha value is -10.1. The van der Waals surface area contributed by atoms with E-state index in [1.807, 2.05) is 224 Å². The Kier molecular flexibility index (Phi) is 20.4. The van der Waals surface area contributed by atoms with E-state index in [1.54, 1.807) is 13.7 Å². The number of para-hydroxylation sites is 3. The van der Waals surface area contributed by atoms with Crippen molar-refractivity contribution in [1.29, 1.82) is 0 Å². The fourth-order valence-corrected chi connectivity index (χ4v) is 13.6. The van der Waals surface area contributed by atoms with E-state index in [0.29, 0.717) is 52.0 Å². The molecule has 0 saturated carbocycles. The van der Waals surface area contributed by atoms with Gasteiger partial charge in [0.05, 0.1) is 68.1 Å². The molecular weight excluding hydrogens is 1430 g/mol. The maximum atomic E-state index is 13.6. The van der Waals surface area contributed by atoms with Gasteiger partial charge in [0.15, 0.2) is 0 Å². The number of halogens is 3. The third-order valence-corrected chi connectivity index (χ3v) is 18.4. The smallest absolute Gasteiger partial charge is 0.265 e. The third kappa shape index (κ3) is 15.3. The summed E-state index contributed by atoms with van der Waals surface area (Å²) in [5.41, 5.74) is 11.1. The fourth-order valence-electron chi connectivity index (χ4n) is 12.6. The molecule has 6 aromatic heterocycles. The molecule has 3 N–H and O–H groups in total. The van der Waals surface area contributed by atoms with E-state index in [9.17, 15) is 14.4 Å². The third-order valence-electron chi connectivity index (χ3n) is 16.9. The molecule has 0 fully saturated rings. The molecule has 15 nitrogen and oxygen atoms in total. The Morgan fingerprint density at radius 3 is 0.899 bits per heavy atom. The van der Waals surface area contributed by atoms with Gasteiger partial charge in [0.1, 0.15) is 34.7 Å². The van der Waals surface area contributed by atoms with Gasteiger partial charge in [-0.25, -0.2) is 15.0 Å². The summed E-state index contributed by atoms with van der Waals surface area (Å²) in [4.78, 5) is 65.4. The number of fused-ring (bicyclic) bond motifs is 6. The van der Waals surface area contributed by atoms with Gasteiger partial charge >= 0.3 is 0 Å². The van der Waals surface area contributed by atoms with Crippen molar-refractivity contribution in [2.75, 3.05) is 0 Å². The van der Waals surface area contributed by atoms with Crippen molar-refractivity contribution in [3.8, 4) is 34.3 Å². The van der Waals surface area contributed by atoms with E-state index >= 15 is 0 Å². The van der Waals surface area contributed by atoms with Crippen LogP contribution in [0, 0.1) is 0 Å². The summed E-state index contributed by atoms with van der Waals surface area (Å²) in [6.45, 7) is 11.9. The predicted octanol–water partition coefficient (Wildman–Crippen LogP) is 18.6. The molecule has 6 heterocycles. The minimum atomic E-state index is -0.0704. The van der Waals surface area contributed by atoms with E-state index < -0.39 is 0 Å². The predicted molar refractivity (Wildman–Crippen MR) is 410 cm³/mol. The fraction of sp³-hybridized carbons (Fsp3) is 0.185. The van der Waals surface area contributed by atoms with E-state index in [4.69, 9.17) is 29.2 Å². The molecule has 0 aliphatic carbocycles. The highest BCUT2D eigenvalue weighted by atomic mass is 79.9. The van der Waals surface area contributed by atoms with E-state index in [1.165, 1.54) is 32.8 Å². The molecule has 15 aromatic rings. The molecule has 498 valence electrons. The lowest BCUT2D eigenvalue weighted by Crippen LogP contribution is -2.24. The standard InChI is InChI=1S/3C27H24BrN3O2/c3*1-17(2)33-21-7-5-6-20(15-21)31-26(30-25-9-4-3-8-22(25)27(31)32)13-10-18-16-29-24-12-11-19(28)14-23(18)24/h3*3-9,11-12,14-17,29H,10,13H2,1-2H3. The number of aromatic amines is 3. The van der Waals surface area contributed by atoms with E-state index in [0.717, 1.165) is 101 Å². The van der Waals surface area contributed by atoms with Crippen LogP contribution in [-0.2, 0) is 38.5 Å².